The molecule has 10 nitrogen and oxygen atoms in total. The predicted molar refractivity (Wildman–Crippen MR) is 106 cm³/mol. The van der Waals surface area contributed by atoms with Crippen LogP contribution in [0, 0.1) is 0 Å². The first-order chi connectivity index (χ1) is 13.0. The van der Waals surface area contributed by atoms with Crippen LogP contribution in [0.1, 0.15) is 27.0 Å². The van der Waals surface area contributed by atoms with Crippen LogP contribution >= 0.6 is 0 Å². The Hall–Kier alpha value is -1.79. The van der Waals surface area contributed by atoms with Crippen molar-refractivity contribution in [1.29, 1.82) is 0 Å². The van der Waals surface area contributed by atoms with Gasteiger partial charge in [0.2, 0.25) is 5.95 Å². The molecule has 1 aliphatic rings. The highest BCUT2D eigenvalue weighted by molar-refractivity contribution is 6.74. The minimum atomic E-state index is -2.01. The van der Waals surface area contributed by atoms with Gasteiger partial charge in [0.25, 0.3) is 5.56 Å². The number of aliphatic hydroxyl groups excluding tert-OH is 1. The van der Waals surface area contributed by atoms with Gasteiger partial charge < -0.3 is 24.7 Å². The third-order valence-electron chi connectivity index (χ3n) is 5.72. The molecule has 1 saturated heterocycles. The number of aromatic nitrogens is 4. The molecule has 28 heavy (non-hydrogen) atoms. The van der Waals surface area contributed by atoms with Crippen molar-refractivity contribution in [1.82, 2.24) is 19.5 Å². The van der Waals surface area contributed by atoms with E-state index in [2.05, 4.69) is 48.8 Å². The van der Waals surface area contributed by atoms with E-state index in [1.807, 2.05) is 0 Å². The molecular formula is C17H29N5O5Si. The maximum Gasteiger partial charge on any atom is 0.280 e. The van der Waals surface area contributed by atoms with Crippen molar-refractivity contribution >= 4 is 25.4 Å². The summed E-state index contributed by atoms with van der Waals surface area (Å²) in [5, 5.41) is 10.8. The SMILES string of the molecule is CO[C@@H]1[C@H](O)[C@@H](CO[Si](C)(C)C(C)(C)C)O[C@H]1n1cnc2c(=O)[nH]c(N)nc21. The summed E-state index contributed by atoms with van der Waals surface area (Å²) in [7, 11) is -0.511. The summed E-state index contributed by atoms with van der Waals surface area (Å²) >= 11 is 0. The molecule has 0 radical (unpaired) electrons. The largest absolute Gasteiger partial charge is 0.414 e. The van der Waals surface area contributed by atoms with Crippen LogP contribution in [0.4, 0.5) is 5.95 Å². The molecule has 156 valence electrons. The fraction of sp³-hybridized carbons (Fsp3) is 0.706. The van der Waals surface area contributed by atoms with E-state index in [0.717, 1.165) is 0 Å². The monoisotopic (exact) mass is 411 g/mol. The lowest BCUT2D eigenvalue weighted by molar-refractivity contribution is -0.0570. The summed E-state index contributed by atoms with van der Waals surface area (Å²) in [6.45, 7) is 11.0. The van der Waals surface area contributed by atoms with Crippen molar-refractivity contribution in [2.24, 2.45) is 0 Å². The van der Waals surface area contributed by atoms with Crippen molar-refractivity contribution in [3.8, 4) is 0 Å². The molecule has 2 aromatic rings. The van der Waals surface area contributed by atoms with Gasteiger partial charge in [-0.2, -0.15) is 4.98 Å². The molecule has 0 unspecified atom stereocenters. The molecule has 11 heteroatoms. The lowest BCUT2D eigenvalue weighted by Gasteiger charge is -2.37. The number of nitrogens with zero attached hydrogens (tertiary/aromatic N) is 3. The van der Waals surface area contributed by atoms with Gasteiger partial charge >= 0.3 is 0 Å². The van der Waals surface area contributed by atoms with Gasteiger partial charge in [-0.15, -0.1) is 0 Å². The lowest BCUT2D eigenvalue weighted by Crippen LogP contribution is -2.44. The quantitative estimate of drug-likeness (QED) is 0.620. The molecule has 4 N–H and O–H groups in total. The summed E-state index contributed by atoms with van der Waals surface area (Å²) < 4.78 is 19.3. The maximum absolute atomic E-state index is 12.0. The van der Waals surface area contributed by atoms with E-state index in [0.29, 0.717) is 0 Å². The van der Waals surface area contributed by atoms with Gasteiger partial charge in [-0.05, 0) is 18.1 Å². The molecule has 0 aromatic carbocycles. The van der Waals surface area contributed by atoms with E-state index in [1.165, 1.54) is 13.4 Å². The zero-order valence-electron chi connectivity index (χ0n) is 17.1. The summed E-state index contributed by atoms with van der Waals surface area (Å²) in [6.07, 6.45) is -1.44. The van der Waals surface area contributed by atoms with Crippen molar-refractivity contribution in [2.45, 2.75) is 63.4 Å². The highest BCUT2D eigenvalue weighted by Gasteiger charge is 2.47. The first-order valence-electron chi connectivity index (χ1n) is 9.19. The highest BCUT2D eigenvalue weighted by Crippen LogP contribution is 2.38. The minimum Gasteiger partial charge on any atom is -0.414 e. The van der Waals surface area contributed by atoms with E-state index < -0.39 is 38.4 Å². The fourth-order valence-electron chi connectivity index (χ4n) is 2.97. The average Bonchev–Trinajstić information content (AvgIpc) is 3.12. The number of nitrogens with two attached hydrogens (primary N) is 1. The molecule has 1 fully saturated rings. The number of nitrogen functional groups attached to an aromatic ring is 1. The van der Waals surface area contributed by atoms with Gasteiger partial charge in [-0.1, -0.05) is 20.8 Å². The Morgan fingerprint density at radius 1 is 1.43 bits per heavy atom. The van der Waals surface area contributed by atoms with Crippen LogP contribution in [0.25, 0.3) is 11.2 Å². The van der Waals surface area contributed by atoms with E-state index in [1.54, 1.807) is 4.57 Å². The van der Waals surface area contributed by atoms with Crippen LogP contribution in [0.5, 0.6) is 0 Å². The lowest BCUT2D eigenvalue weighted by atomic mass is 10.1. The number of nitrogens with one attached hydrogen (secondary N) is 1. The van der Waals surface area contributed by atoms with Crippen LogP contribution in [-0.4, -0.2) is 65.0 Å². The molecule has 0 bridgehead atoms. The molecule has 0 aliphatic carbocycles. The minimum absolute atomic E-state index is 0.0235. The molecule has 2 aromatic heterocycles. The topological polar surface area (TPSA) is 138 Å². The second kappa shape index (κ2) is 7.23. The summed E-state index contributed by atoms with van der Waals surface area (Å²) in [6, 6.07) is 0. The standard InChI is InChI=1S/C17H29N5O5Si/c1-17(2,3)28(5,6)26-7-9-11(23)12(25-4)15(27-9)22-8-19-10-13(22)20-16(18)21-14(10)24/h8-9,11-12,15,23H,7H2,1-6H3,(H3,18,20,21,24)/t9-,11-,12-,15-/m1/s1. The first kappa shape index (κ1) is 20.9. The van der Waals surface area contributed by atoms with Crippen LogP contribution in [0.15, 0.2) is 11.1 Å². The molecular weight excluding hydrogens is 382 g/mol. The van der Waals surface area contributed by atoms with Crippen LogP contribution in [0.2, 0.25) is 18.1 Å². The summed E-state index contributed by atoms with van der Waals surface area (Å²) in [5.74, 6) is -0.0235. The Bertz CT molecular complexity index is 905. The smallest absolute Gasteiger partial charge is 0.280 e. The van der Waals surface area contributed by atoms with Gasteiger partial charge in [0.1, 0.15) is 18.3 Å². The number of anilines is 1. The molecule has 3 rings (SSSR count). The van der Waals surface area contributed by atoms with E-state index in [9.17, 15) is 9.90 Å². The first-order valence-corrected chi connectivity index (χ1v) is 12.1. The second-order valence-corrected chi connectivity index (χ2v) is 13.4. The van der Waals surface area contributed by atoms with Crippen LogP contribution < -0.4 is 11.3 Å². The van der Waals surface area contributed by atoms with E-state index in [4.69, 9.17) is 19.6 Å². The number of hydrogen-bond donors (Lipinski definition) is 3. The molecule has 4 atom stereocenters. The molecule has 0 amide bonds. The van der Waals surface area contributed by atoms with Gasteiger partial charge in [-0.3, -0.25) is 14.3 Å². The predicted octanol–water partition coefficient (Wildman–Crippen LogP) is 0.997. The number of imidazole rings is 1. The third-order valence-corrected chi connectivity index (χ3v) is 10.2. The Morgan fingerprint density at radius 2 is 2.11 bits per heavy atom. The van der Waals surface area contributed by atoms with Crippen LogP contribution in [-0.2, 0) is 13.9 Å². The van der Waals surface area contributed by atoms with Gasteiger partial charge in [0.05, 0.1) is 12.9 Å². The second-order valence-electron chi connectivity index (χ2n) is 8.60. The number of aromatic amines is 1. The highest BCUT2D eigenvalue weighted by atomic mass is 28.4. The maximum atomic E-state index is 12.0. The zero-order valence-corrected chi connectivity index (χ0v) is 18.1. The molecule has 1 aliphatic heterocycles. The van der Waals surface area contributed by atoms with E-state index in [-0.39, 0.29) is 28.8 Å². The van der Waals surface area contributed by atoms with Crippen LogP contribution in [0.3, 0.4) is 0 Å². The molecule has 0 saturated carbocycles. The molecule has 3 heterocycles. The van der Waals surface area contributed by atoms with Gasteiger partial charge in [-0.25, -0.2) is 4.98 Å². The van der Waals surface area contributed by atoms with E-state index >= 15 is 0 Å². The van der Waals surface area contributed by atoms with Crippen molar-refractivity contribution in [3.05, 3.63) is 16.7 Å². The Balaban J connectivity index is 1.87. The average molecular weight is 412 g/mol. The molecule has 0 spiro atoms. The number of methoxy groups -OCH3 is 1. The van der Waals surface area contributed by atoms with Crippen molar-refractivity contribution in [2.75, 3.05) is 19.5 Å². The Morgan fingerprint density at radius 3 is 2.71 bits per heavy atom. The van der Waals surface area contributed by atoms with Gasteiger partial charge in [0, 0.05) is 7.11 Å². The number of H-pyrrole nitrogens is 1. The van der Waals surface area contributed by atoms with Gasteiger partial charge in [0.15, 0.2) is 25.7 Å². The fourth-order valence-corrected chi connectivity index (χ4v) is 3.99. The van der Waals surface area contributed by atoms with Crippen molar-refractivity contribution in [3.63, 3.8) is 0 Å². The number of aliphatic hydroxyl groups is 1. The summed E-state index contributed by atoms with van der Waals surface area (Å²) in [5.41, 5.74) is 5.64. The number of hydrogen-bond acceptors (Lipinski definition) is 8. The summed E-state index contributed by atoms with van der Waals surface area (Å²) in [4.78, 5) is 22.7. The number of rotatable bonds is 5. The Labute approximate surface area is 164 Å². The number of fused-ring (bicyclic) bond motifs is 1. The third kappa shape index (κ3) is 3.60. The normalized spacial score (nSPS) is 26.2. The zero-order chi connectivity index (χ0) is 20.9. The Kier molecular flexibility index (Phi) is 5.40. The number of ether oxygens (including phenoxy) is 2. The van der Waals surface area contributed by atoms with Crippen molar-refractivity contribution < 1.29 is 19.0 Å².